The van der Waals surface area contributed by atoms with Gasteiger partial charge in [0.25, 0.3) is 0 Å². The van der Waals surface area contributed by atoms with Gasteiger partial charge in [-0.15, -0.1) is 0 Å². The standard InChI is InChI=1S/C14H22N4O4S/c1-16-4-3-15-13(16)7-17-5-6-18(14(19)8-22-2)12-10-23(20,21)9-11(12)17/h3-4,11-12H,5-10H2,1-2H3/t11-,12+/m0/s1. The molecule has 0 bridgehead atoms. The predicted molar refractivity (Wildman–Crippen MR) is 83.4 cm³/mol. The van der Waals surface area contributed by atoms with E-state index in [1.165, 1.54) is 7.11 Å². The molecule has 128 valence electrons. The van der Waals surface area contributed by atoms with Crippen molar-refractivity contribution in [2.45, 2.75) is 18.6 Å². The molecule has 2 aliphatic rings. The number of carbonyl (C=O) groups excluding carboxylic acids is 1. The van der Waals surface area contributed by atoms with Crippen LogP contribution in [0.1, 0.15) is 5.82 Å². The van der Waals surface area contributed by atoms with Crippen molar-refractivity contribution in [3.05, 3.63) is 18.2 Å². The predicted octanol–water partition coefficient (Wildman–Crippen LogP) is -1.12. The summed E-state index contributed by atoms with van der Waals surface area (Å²) in [5, 5.41) is 0. The molecular formula is C14H22N4O4S. The van der Waals surface area contributed by atoms with E-state index in [1.807, 2.05) is 17.8 Å². The first-order chi connectivity index (χ1) is 10.9. The molecule has 0 unspecified atom stereocenters. The molecule has 2 aliphatic heterocycles. The van der Waals surface area contributed by atoms with E-state index in [0.717, 1.165) is 5.82 Å². The second kappa shape index (κ2) is 6.21. The summed E-state index contributed by atoms with van der Waals surface area (Å²) in [6.45, 7) is 1.73. The van der Waals surface area contributed by atoms with E-state index in [1.54, 1.807) is 11.1 Å². The van der Waals surface area contributed by atoms with Crippen LogP contribution in [0.25, 0.3) is 0 Å². The monoisotopic (exact) mass is 342 g/mol. The van der Waals surface area contributed by atoms with Crippen LogP contribution in [0.4, 0.5) is 0 Å². The minimum atomic E-state index is -3.14. The van der Waals surface area contributed by atoms with Gasteiger partial charge >= 0.3 is 0 Å². The van der Waals surface area contributed by atoms with Gasteiger partial charge in [0.15, 0.2) is 9.84 Å². The van der Waals surface area contributed by atoms with Crippen LogP contribution in [0.5, 0.6) is 0 Å². The largest absolute Gasteiger partial charge is 0.375 e. The number of hydrogen-bond acceptors (Lipinski definition) is 6. The third-order valence-electron chi connectivity index (χ3n) is 4.64. The minimum absolute atomic E-state index is 0.0113. The third-order valence-corrected chi connectivity index (χ3v) is 6.34. The minimum Gasteiger partial charge on any atom is -0.375 e. The molecule has 0 N–H and O–H groups in total. The first kappa shape index (κ1) is 16.4. The first-order valence-electron chi connectivity index (χ1n) is 7.60. The van der Waals surface area contributed by atoms with Gasteiger partial charge in [0.2, 0.25) is 5.91 Å². The average molecular weight is 342 g/mol. The maximum Gasteiger partial charge on any atom is 0.248 e. The number of amides is 1. The lowest BCUT2D eigenvalue weighted by Crippen LogP contribution is -2.60. The maximum atomic E-state index is 12.2. The lowest BCUT2D eigenvalue weighted by Gasteiger charge is -2.43. The molecule has 3 heterocycles. The quantitative estimate of drug-likeness (QED) is 0.689. The highest BCUT2D eigenvalue weighted by molar-refractivity contribution is 7.91. The lowest BCUT2D eigenvalue weighted by molar-refractivity contribution is -0.141. The fourth-order valence-electron chi connectivity index (χ4n) is 3.47. The average Bonchev–Trinajstić information content (AvgIpc) is 3.02. The van der Waals surface area contributed by atoms with Crippen LogP contribution in [-0.4, -0.2) is 84.1 Å². The summed E-state index contributed by atoms with van der Waals surface area (Å²) >= 11 is 0. The summed E-state index contributed by atoms with van der Waals surface area (Å²) in [6, 6.07) is -0.470. The lowest BCUT2D eigenvalue weighted by atomic mass is 10.0. The highest BCUT2D eigenvalue weighted by Crippen LogP contribution is 2.28. The molecule has 1 aromatic rings. The molecule has 0 radical (unpaired) electrons. The molecule has 1 amide bonds. The number of imidazole rings is 1. The Morgan fingerprint density at radius 2 is 2.09 bits per heavy atom. The van der Waals surface area contributed by atoms with Gasteiger partial charge in [-0.25, -0.2) is 13.4 Å². The summed E-state index contributed by atoms with van der Waals surface area (Å²) in [4.78, 5) is 20.3. The number of aryl methyl sites for hydroxylation is 1. The third kappa shape index (κ3) is 3.26. The Kier molecular flexibility index (Phi) is 4.43. The van der Waals surface area contributed by atoms with Crippen molar-refractivity contribution in [3.8, 4) is 0 Å². The Bertz CT molecular complexity index is 687. The van der Waals surface area contributed by atoms with E-state index in [-0.39, 0.29) is 36.1 Å². The zero-order valence-corrected chi connectivity index (χ0v) is 14.2. The van der Waals surface area contributed by atoms with E-state index in [0.29, 0.717) is 19.6 Å². The van der Waals surface area contributed by atoms with Gasteiger partial charge in [0.1, 0.15) is 12.4 Å². The van der Waals surface area contributed by atoms with E-state index in [4.69, 9.17) is 4.74 Å². The van der Waals surface area contributed by atoms with Crippen LogP contribution in [0.3, 0.4) is 0 Å². The van der Waals surface area contributed by atoms with Crippen LogP contribution >= 0.6 is 0 Å². The highest BCUT2D eigenvalue weighted by Gasteiger charge is 2.48. The van der Waals surface area contributed by atoms with Crippen molar-refractivity contribution in [1.82, 2.24) is 19.4 Å². The van der Waals surface area contributed by atoms with Gasteiger partial charge < -0.3 is 14.2 Å². The van der Waals surface area contributed by atoms with Gasteiger partial charge in [-0.05, 0) is 0 Å². The van der Waals surface area contributed by atoms with Crippen LogP contribution in [-0.2, 0) is 33.0 Å². The SMILES string of the molecule is COCC(=O)N1CCN(Cc2nccn2C)[C@H]2CS(=O)(=O)C[C@H]21. The second-order valence-corrected chi connectivity index (χ2v) is 8.31. The number of rotatable bonds is 4. The molecule has 0 spiro atoms. The number of ether oxygens (including phenoxy) is 1. The smallest absolute Gasteiger partial charge is 0.248 e. The Morgan fingerprint density at radius 3 is 2.74 bits per heavy atom. The number of nitrogens with zero attached hydrogens (tertiary/aromatic N) is 4. The number of methoxy groups -OCH3 is 1. The van der Waals surface area contributed by atoms with Crippen LogP contribution < -0.4 is 0 Å². The molecule has 2 fully saturated rings. The fraction of sp³-hybridized carbons (Fsp3) is 0.714. The van der Waals surface area contributed by atoms with Crippen molar-refractivity contribution in [2.75, 3.05) is 38.3 Å². The van der Waals surface area contributed by atoms with Crippen molar-refractivity contribution in [1.29, 1.82) is 0 Å². The molecular weight excluding hydrogens is 320 g/mol. The van der Waals surface area contributed by atoms with Gasteiger partial charge in [-0.1, -0.05) is 0 Å². The molecule has 8 nitrogen and oxygen atoms in total. The normalized spacial score (nSPS) is 27.1. The van der Waals surface area contributed by atoms with Gasteiger partial charge in [-0.3, -0.25) is 9.69 Å². The van der Waals surface area contributed by atoms with Crippen molar-refractivity contribution in [3.63, 3.8) is 0 Å². The summed E-state index contributed by atoms with van der Waals surface area (Å²) < 4.78 is 31.1. The molecule has 2 atom stereocenters. The van der Waals surface area contributed by atoms with Crippen LogP contribution in [0.15, 0.2) is 12.4 Å². The van der Waals surface area contributed by atoms with E-state index < -0.39 is 9.84 Å². The van der Waals surface area contributed by atoms with Crippen LogP contribution in [0, 0.1) is 0 Å². The Labute approximate surface area is 135 Å². The molecule has 1 aromatic heterocycles. The van der Waals surface area contributed by atoms with E-state index >= 15 is 0 Å². The zero-order chi connectivity index (χ0) is 16.6. The maximum absolute atomic E-state index is 12.2. The number of piperazine rings is 1. The summed E-state index contributed by atoms with van der Waals surface area (Å²) in [5.74, 6) is 0.879. The molecule has 9 heteroatoms. The number of hydrogen-bond donors (Lipinski definition) is 0. The Balaban J connectivity index is 1.81. The molecule has 23 heavy (non-hydrogen) atoms. The summed E-state index contributed by atoms with van der Waals surface area (Å²) in [7, 11) is 0.255. The van der Waals surface area contributed by atoms with Crippen molar-refractivity contribution >= 4 is 15.7 Å². The number of aromatic nitrogens is 2. The van der Waals surface area contributed by atoms with Crippen molar-refractivity contribution in [2.24, 2.45) is 7.05 Å². The molecule has 3 rings (SSSR count). The van der Waals surface area contributed by atoms with Gasteiger partial charge in [0.05, 0.1) is 24.1 Å². The summed E-state index contributed by atoms with van der Waals surface area (Å²) in [5.41, 5.74) is 0. The van der Waals surface area contributed by atoms with E-state index in [2.05, 4.69) is 9.88 Å². The molecule has 2 saturated heterocycles. The molecule has 0 aromatic carbocycles. The summed E-state index contributed by atoms with van der Waals surface area (Å²) in [6.07, 6.45) is 3.60. The van der Waals surface area contributed by atoms with Gasteiger partial charge in [-0.2, -0.15) is 0 Å². The number of carbonyl (C=O) groups is 1. The first-order valence-corrected chi connectivity index (χ1v) is 9.42. The zero-order valence-electron chi connectivity index (χ0n) is 13.4. The molecule has 0 aliphatic carbocycles. The topological polar surface area (TPSA) is 84.7 Å². The number of fused-ring (bicyclic) bond motifs is 1. The second-order valence-electron chi connectivity index (χ2n) is 6.16. The molecule has 0 saturated carbocycles. The van der Waals surface area contributed by atoms with E-state index in [9.17, 15) is 13.2 Å². The fourth-order valence-corrected chi connectivity index (χ4v) is 5.48. The Morgan fingerprint density at radius 1 is 1.35 bits per heavy atom. The van der Waals surface area contributed by atoms with Crippen molar-refractivity contribution < 1.29 is 17.9 Å². The Hall–Kier alpha value is -1.45. The van der Waals surface area contributed by atoms with Crippen LogP contribution in [0.2, 0.25) is 0 Å². The van der Waals surface area contributed by atoms with Gasteiger partial charge in [0, 0.05) is 45.7 Å². The highest BCUT2D eigenvalue weighted by atomic mass is 32.2. The number of sulfone groups is 1.